The van der Waals surface area contributed by atoms with Crippen LogP contribution >= 0.6 is 11.6 Å². The summed E-state index contributed by atoms with van der Waals surface area (Å²) < 4.78 is 0. The summed E-state index contributed by atoms with van der Waals surface area (Å²) in [5.41, 5.74) is 2.09. The van der Waals surface area contributed by atoms with Crippen LogP contribution in [0.3, 0.4) is 0 Å². The minimum absolute atomic E-state index is 0.0815. The normalized spacial score (nSPS) is 11.9. The van der Waals surface area contributed by atoms with E-state index in [0.717, 1.165) is 17.8 Å². The molecular formula is C16H17ClN2O2. The quantitative estimate of drug-likeness (QED) is 0.451. The summed E-state index contributed by atoms with van der Waals surface area (Å²) >= 11 is 6.45. The number of halogens is 1. The van der Waals surface area contributed by atoms with Crippen molar-refractivity contribution in [2.45, 2.75) is 12.3 Å². The molecule has 0 aliphatic heterocycles. The second kappa shape index (κ2) is 7.09. The molecule has 1 unspecified atom stereocenters. The van der Waals surface area contributed by atoms with E-state index in [1.165, 1.54) is 12.1 Å². The first-order valence-corrected chi connectivity index (χ1v) is 7.24. The van der Waals surface area contributed by atoms with Crippen LogP contribution in [-0.4, -0.2) is 18.0 Å². The van der Waals surface area contributed by atoms with E-state index in [-0.39, 0.29) is 11.1 Å². The number of anilines is 1. The molecule has 2 aromatic rings. The molecule has 0 saturated carbocycles. The second-order valence-corrected chi connectivity index (χ2v) is 5.22. The molecule has 0 spiro atoms. The average molecular weight is 305 g/mol. The summed E-state index contributed by atoms with van der Waals surface area (Å²) in [6, 6.07) is 16.5. The molecule has 0 saturated heterocycles. The fraction of sp³-hybridized carbons (Fsp3) is 0.250. The first-order chi connectivity index (χ1) is 10.1. The lowest BCUT2D eigenvalue weighted by Gasteiger charge is -2.25. The van der Waals surface area contributed by atoms with Gasteiger partial charge in [-0.25, -0.2) is 0 Å². The van der Waals surface area contributed by atoms with Crippen LogP contribution in [0.15, 0.2) is 54.6 Å². The number of hydrogen-bond donors (Lipinski definition) is 0. The first-order valence-electron chi connectivity index (χ1n) is 6.80. The van der Waals surface area contributed by atoms with Gasteiger partial charge in [0.25, 0.3) is 5.69 Å². The summed E-state index contributed by atoms with van der Waals surface area (Å²) in [4.78, 5) is 12.4. The van der Waals surface area contributed by atoms with E-state index in [1.807, 2.05) is 30.3 Å². The molecule has 4 nitrogen and oxygen atoms in total. The predicted molar refractivity (Wildman–Crippen MR) is 86.0 cm³/mol. The molecule has 0 aromatic heterocycles. The molecule has 2 aromatic carbocycles. The summed E-state index contributed by atoms with van der Waals surface area (Å²) in [5.74, 6) is 0. The zero-order valence-electron chi connectivity index (χ0n) is 11.8. The molecule has 2 rings (SSSR count). The van der Waals surface area contributed by atoms with Gasteiger partial charge >= 0.3 is 0 Å². The molecule has 1 atom stereocenters. The largest absolute Gasteiger partial charge is 0.370 e. The van der Waals surface area contributed by atoms with Gasteiger partial charge in [0.1, 0.15) is 0 Å². The van der Waals surface area contributed by atoms with Crippen LogP contribution in [0.5, 0.6) is 0 Å². The van der Waals surface area contributed by atoms with E-state index < -0.39 is 4.92 Å². The van der Waals surface area contributed by atoms with Gasteiger partial charge in [0.2, 0.25) is 0 Å². The number of rotatable bonds is 6. The van der Waals surface area contributed by atoms with Crippen molar-refractivity contribution in [3.8, 4) is 0 Å². The molecule has 110 valence electrons. The molecule has 0 radical (unpaired) electrons. The molecule has 5 heteroatoms. The predicted octanol–water partition coefficient (Wildman–Crippen LogP) is 4.40. The van der Waals surface area contributed by atoms with Gasteiger partial charge in [-0.15, -0.1) is 11.6 Å². The Morgan fingerprint density at radius 2 is 1.76 bits per heavy atom. The number of non-ortho nitro benzene ring substituents is 1. The minimum atomic E-state index is -0.407. The van der Waals surface area contributed by atoms with Crippen molar-refractivity contribution in [2.24, 2.45) is 0 Å². The summed E-state index contributed by atoms with van der Waals surface area (Å²) in [6.45, 7) is 3.58. The first kappa shape index (κ1) is 15.3. The zero-order chi connectivity index (χ0) is 15.2. The maximum Gasteiger partial charge on any atom is 0.269 e. The Morgan fingerprint density at radius 3 is 2.29 bits per heavy atom. The lowest BCUT2D eigenvalue weighted by molar-refractivity contribution is -0.384. The van der Waals surface area contributed by atoms with Gasteiger partial charge in [0, 0.05) is 30.9 Å². The molecular weight excluding hydrogens is 288 g/mol. The van der Waals surface area contributed by atoms with Crippen molar-refractivity contribution in [2.75, 3.05) is 18.0 Å². The van der Waals surface area contributed by atoms with Gasteiger partial charge in [-0.1, -0.05) is 30.3 Å². The van der Waals surface area contributed by atoms with E-state index >= 15 is 0 Å². The van der Waals surface area contributed by atoms with E-state index in [0.29, 0.717) is 6.54 Å². The summed E-state index contributed by atoms with van der Waals surface area (Å²) in [5, 5.41) is 10.4. The van der Waals surface area contributed by atoms with Crippen molar-refractivity contribution in [1.29, 1.82) is 0 Å². The average Bonchev–Trinajstić information content (AvgIpc) is 2.53. The maximum absolute atomic E-state index is 10.7. The van der Waals surface area contributed by atoms with Gasteiger partial charge in [-0.2, -0.15) is 0 Å². The van der Waals surface area contributed by atoms with Gasteiger partial charge in [0.15, 0.2) is 0 Å². The van der Waals surface area contributed by atoms with Crippen LogP contribution in [0.25, 0.3) is 0 Å². The lowest BCUT2D eigenvalue weighted by Crippen LogP contribution is -2.26. The lowest BCUT2D eigenvalue weighted by atomic mass is 10.1. The standard InChI is InChI=1S/C16H17ClN2O2/c1-2-18(14-6-4-3-5-7-14)12-16(17)13-8-10-15(11-9-13)19(20)21/h3-11,16H,2,12H2,1H3. The number of para-hydroxylation sites is 1. The van der Waals surface area contributed by atoms with E-state index in [4.69, 9.17) is 11.6 Å². The number of likely N-dealkylation sites (N-methyl/N-ethyl adjacent to an activating group) is 1. The number of alkyl halides is 1. The third-order valence-corrected chi connectivity index (χ3v) is 3.74. The van der Waals surface area contributed by atoms with Gasteiger partial charge in [-0.3, -0.25) is 10.1 Å². The van der Waals surface area contributed by atoms with Gasteiger partial charge in [-0.05, 0) is 24.6 Å². The van der Waals surface area contributed by atoms with Crippen LogP contribution in [0, 0.1) is 10.1 Å². The van der Waals surface area contributed by atoms with Crippen LogP contribution in [0.2, 0.25) is 0 Å². The highest BCUT2D eigenvalue weighted by molar-refractivity contribution is 6.21. The van der Waals surface area contributed by atoms with Crippen molar-refractivity contribution >= 4 is 23.0 Å². The molecule has 0 amide bonds. The molecule has 21 heavy (non-hydrogen) atoms. The smallest absolute Gasteiger partial charge is 0.269 e. The molecule has 0 aliphatic carbocycles. The Balaban J connectivity index is 2.09. The Bertz CT molecular complexity index is 587. The molecule has 0 heterocycles. The minimum Gasteiger partial charge on any atom is -0.370 e. The maximum atomic E-state index is 10.7. The van der Waals surface area contributed by atoms with E-state index in [1.54, 1.807) is 12.1 Å². The summed E-state index contributed by atoms with van der Waals surface area (Å²) in [7, 11) is 0. The number of nitro benzene ring substituents is 1. The molecule has 0 aliphatic rings. The van der Waals surface area contributed by atoms with Crippen LogP contribution in [0.1, 0.15) is 17.9 Å². The van der Waals surface area contributed by atoms with Crippen LogP contribution < -0.4 is 4.90 Å². The van der Waals surface area contributed by atoms with Gasteiger partial charge < -0.3 is 4.90 Å². The van der Waals surface area contributed by atoms with Crippen molar-refractivity contribution < 1.29 is 4.92 Å². The highest BCUT2D eigenvalue weighted by Crippen LogP contribution is 2.26. The van der Waals surface area contributed by atoms with Gasteiger partial charge in [0.05, 0.1) is 10.3 Å². The number of nitro groups is 1. The second-order valence-electron chi connectivity index (χ2n) is 4.69. The third kappa shape index (κ3) is 3.95. The van der Waals surface area contributed by atoms with Crippen molar-refractivity contribution in [3.05, 3.63) is 70.3 Å². The monoisotopic (exact) mass is 304 g/mol. The molecule has 0 fully saturated rings. The summed E-state index contributed by atoms with van der Waals surface area (Å²) in [6.07, 6.45) is 0. The fourth-order valence-corrected chi connectivity index (χ4v) is 2.47. The highest BCUT2D eigenvalue weighted by Gasteiger charge is 2.14. The Kier molecular flexibility index (Phi) is 5.17. The Labute approximate surface area is 129 Å². The highest BCUT2D eigenvalue weighted by atomic mass is 35.5. The van der Waals surface area contributed by atoms with Crippen LogP contribution in [-0.2, 0) is 0 Å². The van der Waals surface area contributed by atoms with Crippen molar-refractivity contribution in [1.82, 2.24) is 0 Å². The zero-order valence-corrected chi connectivity index (χ0v) is 12.5. The van der Waals surface area contributed by atoms with Crippen LogP contribution in [0.4, 0.5) is 11.4 Å². The Morgan fingerprint density at radius 1 is 1.14 bits per heavy atom. The topological polar surface area (TPSA) is 46.4 Å². The Hall–Kier alpha value is -2.07. The number of benzene rings is 2. The number of hydrogen-bond acceptors (Lipinski definition) is 3. The molecule has 0 N–H and O–H groups in total. The third-order valence-electron chi connectivity index (χ3n) is 3.35. The number of nitrogens with zero attached hydrogens (tertiary/aromatic N) is 2. The SMILES string of the molecule is CCN(CC(Cl)c1ccc([N+](=O)[O-])cc1)c1ccccc1. The fourth-order valence-electron chi connectivity index (χ4n) is 2.16. The molecule has 0 bridgehead atoms. The van der Waals surface area contributed by atoms with E-state index in [9.17, 15) is 10.1 Å². The van der Waals surface area contributed by atoms with E-state index in [2.05, 4.69) is 11.8 Å². The van der Waals surface area contributed by atoms with Crippen molar-refractivity contribution in [3.63, 3.8) is 0 Å².